The minimum atomic E-state index is -0.0249. The molecular formula is C13H17ClN2O2. The molecule has 4 nitrogen and oxygen atoms in total. The molecular weight excluding hydrogens is 252 g/mol. The number of carbonyl (C=O) groups is 1. The van der Waals surface area contributed by atoms with Crippen molar-refractivity contribution in [3.8, 4) is 5.75 Å². The molecule has 1 aliphatic heterocycles. The van der Waals surface area contributed by atoms with Gasteiger partial charge in [-0.25, -0.2) is 0 Å². The van der Waals surface area contributed by atoms with E-state index in [0.717, 1.165) is 30.9 Å². The molecule has 0 saturated carbocycles. The van der Waals surface area contributed by atoms with E-state index >= 15 is 0 Å². The van der Waals surface area contributed by atoms with Crippen molar-refractivity contribution in [1.29, 1.82) is 0 Å². The molecule has 1 heterocycles. The molecule has 0 fully saturated rings. The molecule has 0 spiro atoms. The molecule has 0 atom stereocenters. The van der Waals surface area contributed by atoms with Crippen LogP contribution < -0.4 is 15.0 Å². The van der Waals surface area contributed by atoms with Crippen molar-refractivity contribution in [2.75, 3.05) is 31.1 Å². The largest absolute Gasteiger partial charge is 0.482 e. The predicted octanol–water partition coefficient (Wildman–Crippen LogP) is 2.06. The summed E-state index contributed by atoms with van der Waals surface area (Å²) in [4.78, 5) is 13.6. The van der Waals surface area contributed by atoms with Gasteiger partial charge in [0, 0.05) is 18.1 Å². The molecule has 1 aromatic rings. The van der Waals surface area contributed by atoms with Gasteiger partial charge in [-0.05, 0) is 31.2 Å². The van der Waals surface area contributed by atoms with E-state index in [1.54, 1.807) is 23.1 Å². The summed E-state index contributed by atoms with van der Waals surface area (Å²) >= 11 is 5.96. The van der Waals surface area contributed by atoms with E-state index < -0.39 is 0 Å². The number of amides is 1. The molecule has 0 saturated heterocycles. The van der Waals surface area contributed by atoms with Gasteiger partial charge < -0.3 is 15.0 Å². The lowest BCUT2D eigenvalue weighted by Gasteiger charge is -2.29. The van der Waals surface area contributed by atoms with Gasteiger partial charge in [0.2, 0.25) is 0 Å². The molecule has 0 radical (unpaired) electrons. The Morgan fingerprint density at radius 3 is 3.06 bits per heavy atom. The average molecular weight is 269 g/mol. The highest BCUT2D eigenvalue weighted by molar-refractivity contribution is 6.31. The second-order valence-corrected chi connectivity index (χ2v) is 4.63. The van der Waals surface area contributed by atoms with Gasteiger partial charge in [-0.1, -0.05) is 18.5 Å². The molecule has 0 bridgehead atoms. The fraction of sp³-hybridized carbons (Fsp3) is 0.462. The fourth-order valence-corrected chi connectivity index (χ4v) is 2.08. The van der Waals surface area contributed by atoms with Gasteiger partial charge in [0.15, 0.2) is 6.61 Å². The normalized spacial score (nSPS) is 14.3. The zero-order chi connectivity index (χ0) is 13.0. The van der Waals surface area contributed by atoms with Crippen LogP contribution in [0.1, 0.15) is 13.3 Å². The van der Waals surface area contributed by atoms with Crippen LogP contribution in [0.2, 0.25) is 5.02 Å². The van der Waals surface area contributed by atoms with Crippen LogP contribution in [0.4, 0.5) is 5.69 Å². The van der Waals surface area contributed by atoms with Crippen molar-refractivity contribution in [2.24, 2.45) is 0 Å². The number of hydrogen-bond acceptors (Lipinski definition) is 3. The SMILES string of the molecule is CCCNCCN1C(=O)COc2ccc(Cl)cc21. The van der Waals surface area contributed by atoms with Crippen molar-refractivity contribution >= 4 is 23.2 Å². The quantitative estimate of drug-likeness (QED) is 0.832. The number of nitrogens with one attached hydrogen (secondary N) is 1. The lowest BCUT2D eigenvalue weighted by molar-refractivity contribution is -0.121. The van der Waals surface area contributed by atoms with Gasteiger partial charge in [-0.15, -0.1) is 0 Å². The van der Waals surface area contributed by atoms with Crippen molar-refractivity contribution in [3.05, 3.63) is 23.2 Å². The Kier molecular flexibility index (Phi) is 4.44. The number of halogens is 1. The highest BCUT2D eigenvalue weighted by atomic mass is 35.5. The smallest absolute Gasteiger partial charge is 0.265 e. The van der Waals surface area contributed by atoms with Gasteiger partial charge in [-0.3, -0.25) is 4.79 Å². The maximum Gasteiger partial charge on any atom is 0.265 e. The molecule has 0 aliphatic carbocycles. The fourth-order valence-electron chi connectivity index (χ4n) is 1.91. The molecule has 2 rings (SSSR count). The second-order valence-electron chi connectivity index (χ2n) is 4.20. The Bertz CT molecular complexity index is 437. The number of ether oxygens (including phenoxy) is 1. The molecule has 18 heavy (non-hydrogen) atoms. The van der Waals surface area contributed by atoms with E-state index in [-0.39, 0.29) is 12.5 Å². The summed E-state index contributed by atoms with van der Waals surface area (Å²) in [5, 5.41) is 3.89. The number of rotatable bonds is 5. The highest BCUT2D eigenvalue weighted by Gasteiger charge is 2.25. The Labute approximate surface area is 112 Å². The van der Waals surface area contributed by atoms with Gasteiger partial charge in [0.05, 0.1) is 5.69 Å². The summed E-state index contributed by atoms with van der Waals surface area (Å²) in [6.07, 6.45) is 1.08. The zero-order valence-electron chi connectivity index (χ0n) is 10.4. The molecule has 1 amide bonds. The maximum atomic E-state index is 11.9. The second kappa shape index (κ2) is 6.07. The van der Waals surface area contributed by atoms with Crippen molar-refractivity contribution in [3.63, 3.8) is 0 Å². The molecule has 0 unspecified atom stereocenters. The van der Waals surface area contributed by atoms with Crippen LogP contribution >= 0.6 is 11.6 Å². The summed E-state index contributed by atoms with van der Waals surface area (Å²) < 4.78 is 5.38. The predicted molar refractivity (Wildman–Crippen MR) is 72.5 cm³/mol. The van der Waals surface area contributed by atoms with E-state index in [0.29, 0.717) is 11.6 Å². The van der Waals surface area contributed by atoms with E-state index in [1.807, 2.05) is 0 Å². The number of benzene rings is 1. The van der Waals surface area contributed by atoms with Crippen molar-refractivity contribution in [2.45, 2.75) is 13.3 Å². The molecule has 1 aliphatic rings. The van der Waals surface area contributed by atoms with Crippen LogP contribution in [-0.4, -0.2) is 32.1 Å². The van der Waals surface area contributed by atoms with E-state index in [1.165, 1.54) is 0 Å². The van der Waals surface area contributed by atoms with Crippen LogP contribution in [0.5, 0.6) is 5.75 Å². The number of nitrogens with zero attached hydrogens (tertiary/aromatic N) is 1. The maximum absolute atomic E-state index is 11.9. The summed E-state index contributed by atoms with van der Waals surface area (Å²) in [6.45, 7) is 4.58. The Hall–Kier alpha value is -1.26. The molecule has 98 valence electrons. The average Bonchev–Trinajstić information content (AvgIpc) is 2.36. The minimum absolute atomic E-state index is 0.0249. The number of carbonyl (C=O) groups excluding carboxylic acids is 1. The monoisotopic (exact) mass is 268 g/mol. The number of fused-ring (bicyclic) bond motifs is 1. The van der Waals surface area contributed by atoms with Crippen LogP contribution in [0.25, 0.3) is 0 Å². The molecule has 5 heteroatoms. The van der Waals surface area contributed by atoms with Crippen molar-refractivity contribution < 1.29 is 9.53 Å². The third-order valence-electron chi connectivity index (χ3n) is 2.80. The lowest BCUT2D eigenvalue weighted by atomic mass is 10.2. The lowest BCUT2D eigenvalue weighted by Crippen LogP contribution is -2.42. The van der Waals surface area contributed by atoms with Crippen molar-refractivity contribution in [1.82, 2.24) is 5.32 Å². The van der Waals surface area contributed by atoms with Gasteiger partial charge in [0.1, 0.15) is 5.75 Å². The van der Waals surface area contributed by atoms with Crippen LogP contribution in [0.3, 0.4) is 0 Å². The zero-order valence-corrected chi connectivity index (χ0v) is 11.2. The van der Waals surface area contributed by atoms with Crippen LogP contribution in [0, 0.1) is 0 Å². The first-order valence-electron chi connectivity index (χ1n) is 6.16. The third kappa shape index (κ3) is 2.94. The van der Waals surface area contributed by atoms with Gasteiger partial charge in [0.25, 0.3) is 5.91 Å². The number of anilines is 1. The highest BCUT2D eigenvalue weighted by Crippen LogP contribution is 2.34. The topological polar surface area (TPSA) is 41.6 Å². The first kappa shape index (κ1) is 13.2. The standard InChI is InChI=1S/C13H17ClN2O2/c1-2-5-15-6-7-16-11-8-10(14)3-4-12(11)18-9-13(16)17/h3-4,8,15H,2,5-7,9H2,1H3. The van der Waals surface area contributed by atoms with Crippen LogP contribution in [0.15, 0.2) is 18.2 Å². The first-order chi connectivity index (χ1) is 8.72. The molecule has 1 aromatic carbocycles. The summed E-state index contributed by atoms with van der Waals surface area (Å²) in [6, 6.07) is 5.34. The van der Waals surface area contributed by atoms with Crippen LogP contribution in [-0.2, 0) is 4.79 Å². The summed E-state index contributed by atoms with van der Waals surface area (Å²) in [7, 11) is 0. The third-order valence-corrected chi connectivity index (χ3v) is 3.04. The first-order valence-corrected chi connectivity index (χ1v) is 6.53. The van der Waals surface area contributed by atoms with E-state index in [9.17, 15) is 4.79 Å². The van der Waals surface area contributed by atoms with Gasteiger partial charge in [-0.2, -0.15) is 0 Å². The summed E-state index contributed by atoms with van der Waals surface area (Å²) in [5.41, 5.74) is 0.761. The Balaban J connectivity index is 2.09. The molecule has 0 aromatic heterocycles. The minimum Gasteiger partial charge on any atom is -0.482 e. The van der Waals surface area contributed by atoms with E-state index in [2.05, 4.69) is 12.2 Å². The Morgan fingerprint density at radius 1 is 1.44 bits per heavy atom. The van der Waals surface area contributed by atoms with E-state index in [4.69, 9.17) is 16.3 Å². The van der Waals surface area contributed by atoms with Gasteiger partial charge >= 0.3 is 0 Å². The molecule has 1 N–H and O–H groups in total. The Morgan fingerprint density at radius 2 is 2.28 bits per heavy atom. The number of hydrogen-bond donors (Lipinski definition) is 1. The summed E-state index contributed by atoms with van der Waals surface area (Å²) in [5.74, 6) is 0.692.